The normalized spacial score (nSPS) is 10.7. The second kappa shape index (κ2) is 30.1. The largest absolute Gasteiger partial charge is 0.498 e. The first-order valence-electron chi connectivity index (χ1n) is 8.89. The number of allylic oxidation sites excluding steroid dienone is 4. The van der Waals surface area contributed by atoms with Crippen LogP contribution in [0.4, 0.5) is 0 Å². The van der Waals surface area contributed by atoms with Crippen molar-refractivity contribution in [2.75, 3.05) is 26.4 Å². The Bertz CT molecular complexity index is 258. The van der Waals surface area contributed by atoms with Gasteiger partial charge in [-0.3, -0.25) is 0 Å². The fraction of sp³-hybridized carbons (Fsp3) is 0.600. The maximum Gasteiger partial charge on any atom is 0.121 e. The van der Waals surface area contributed by atoms with E-state index in [2.05, 4.69) is 27.7 Å². The summed E-state index contributed by atoms with van der Waals surface area (Å²) in [7, 11) is 0. The molecule has 0 aromatic carbocycles. The van der Waals surface area contributed by atoms with Crippen molar-refractivity contribution in [2.45, 2.75) is 53.4 Å². The minimum atomic E-state index is 0. The lowest BCUT2D eigenvalue weighted by Crippen LogP contribution is -1.96. The van der Waals surface area contributed by atoms with E-state index in [1.165, 1.54) is 0 Å². The zero-order valence-electron chi connectivity index (χ0n) is 16.4. The average molecular weight is 359 g/mol. The Morgan fingerprint density at radius 2 is 0.640 bits per heavy atom. The Hall–Kier alpha value is -1.88. The number of hydrogen-bond donors (Lipinski definition) is 0. The molecule has 0 radical (unpaired) electrons. The molecule has 0 aliphatic heterocycles. The van der Waals surface area contributed by atoms with Gasteiger partial charge in [-0.05, 0) is 25.7 Å². The van der Waals surface area contributed by atoms with Crippen LogP contribution in [-0.2, 0) is 18.9 Å². The third kappa shape index (κ3) is 34.5. The molecule has 2 N–H and O–H groups in total. The number of hydrogen-bond acceptors (Lipinski definition) is 4. The molecule has 0 atom stereocenters. The molecule has 0 heterocycles. The minimum absolute atomic E-state index is 0. The average Bonchev–Trinajstić information content (AvgIpc) is 2.60. The summed E-state index contributed by atoms with van der Waals surface area (Å²) in [6.45, 7) is 10.7. The van der Waals surface area contributed by atoms with Gasteiger partial charge < -0.3 is 24.4 Å². The predicted molar refractivity (Wildman–Crippen MR) is 105 cm³/mol. The van der Waals surface area contributed by atoms with Crippen LogP contribution in [0.1, 0.15) is 53.4 Å². The van der Waals surface area contributed by atoms with E-state index < -0.39 is 0 Å². The molecule has 0 aliphatic rings. The Balaban J connectivity index is -0.000000372. The summed E-state index contributed by atoms with van der Waals surface area (Å²) in [5.74, 6) is 0. The Morgan fingerprint density at radius 1 is 0.440 bits per heavy atom. The summed E-state index contributed by atoms with van der Waals surface area (Å²) in [6, 6.07) is 0. The lowest BCUT2D eigenvalue weighted by Gasteiger charge is -1.99. The van der Waals surface area contributed by atoms with Crippen LogP contribution in [0.25, 0.3) is 0 Å². The first-order chi connectivity index (χ1) is 11.8. The van der Waals surface area contributed by atoms with Crippen molar-refractivity contribution >= 4 is 0 Å². The Morgan fingerprint density at radius 3 is 0.800 bits per heavy atom. The van der Waals surface area contributed by atoms with E-state index in [-0.39, 0.29) is 5.48 Å². The molecule has 25 heavy (non-hydrogen) atoms. The molecule has 0 fully saturated rings. The molecule has 0 aromatic rings. The SMILES string of the molecule is CCC=COCCOC=CCC.CCC=COCCOC=CCC.O. The van der Waals surface area contributed by atoms with E-state index in [1.54, 1.807) is 25.0 Å². The zero-order valence-corrected chi connectivity index (χ0v) is 16.4. The first kappa shape index (κ1) is 27.9. The molecular formula is C20H38O5. The lowest BCUT2D eigenvalue weighted by molar-refractivity contribution is 0.149. The highest BCUT2D eigenvalue weighted by atomic mass is 16.5. The topological polar surface area (TPSA) is 68.4 Å². The fourth-order valence-corrected chi connectivity index (χ4v) is 1.12. The molecule has 148 valence electrons. The summed E-state index contributed by atoms with van der Waals surface area (Å²) >= 11 is 0. The molecule has 5 heteroatoms. The van der Waals surface area contributed by atoms with Crippen LogP contribution < -0.4 is 0 Å². The molecule has 0 aliphatic carbocycles. The number of ether oxygens (including phenoxy) is 4. The molecule has 0 bridgehead atoms. The van der Waals surface area contributed by atoms with Crippen LogP contribution in [0.15, 0.2) is 49.4 Å². The van der Waals surface area contributed by atoms with Gasteiger partial charge in [0.1, 0.15) is 26.4 Å². The molecule has 0 rings (SSSR count). The third-order valence-electron chi connectivity index (χ3n) is 2.35. The van der Waals surface area contributed by atoms with E-state index in [9.17, 15) is 0 Å². The second-order valence-corrected chi connectivity index (χ2v) is 4.60. The van der Waals surface area contributed by atoms with E-state index in [0.717, 1.165) is 25.7 Å². The third-order valence-corrected chi connectivity index (χ3v) is 2.35. The highest BCUT2D eigenvalue weighted by molar-refractivity contribution is 4.72. The molecule has 5 nitrogen and oxygen atoms in total. The zero-order chi connectivity index (χ0) is 18.1. The fourth-order valence-electron chi connectivity index (χ4n) is 1.12. The quantitative estimate of drug-likeness (QED) is 0.327. The molecule has 0 saturated heterocycles. The van der Waals surface area contributed by atoms with Crippen molar-refractivity contribution < 1.29 is 24.4 Å². The van der Waals surface area contributed by atoms with Gasteiger partial charge in [-0.1, -0.05) is 52.0 Å². The standard InChI is InChI=1S/2C10H18O2.H2O/c2*1-3-5-7-11-9-10-12-8-6-4-2;/h2*5-8H,3-4,9-10H2,1-2H3;1H2. The maximum absolute atomic E-state index is 5.11. The van der Waals surface area contributed by atoms with Crippen LogP contribution in [0.2, 0.25) is 0 Å². The molecule has 0 saturated carbocycles. The highest BCUT2D eigenvalue weighted by Gasteiger charge is 1.81. The summed E-state index contributed by atoms with van der Waals surface area (Å²) in [6.07, 6.45) is 18.8. The van der Waals surface area contributed by atoms with Crippen LogP contribution in [-0.4, -0.2) is 31.9 Å². The summed E-state index contributed by atoms with van der Waals surface area (Å²) in [4.78, 5) is 0. The first-order valence-corrected chi connectivity index (χ1v) is 8.89. The second-order valence-electron chi connectivity index (χ2n) is 4.60. The Labute approximate surface area is 154 Å². The summed E-state index contributed by atoms with van der Waals surface area (Å²) in [5.41, 5.74) is 0. The molecule has 0 amide bonds. The smallest absolute Gasteiger partial charge is 0.121 e. The van der Waals surface area contributed by atoms with Crippen LogP contribution in [0, 0.1) is 0 Å². The van der Waals surface area contributed by atoms with Gasteiger partial charge in [0, 0.05) is 0 Å². The van der Waals surface area contributed by atoms with Gasteiger partial charge >= 0.3 is 0 Å². The van der Waals surface area contributed by atoms with Crippen molar-refractivity contribution in [3.8, 4) is 0 Å². The predicted octanol–water partition coefficient (Wildman–Crippen LogP) is 4.91. The molecule has 0 spiro atoms. The summed E-state index contributed by atoms with van der Waals surface area (Å²) in [5, 5.41) is 0. The van der Waals surface area contributed by atoms with Gasteiger partial charge in [0.25, 0.3) is 0 Å². The van der Waals surface area contributed by atoms with E-state index in [1.807, 2.05) is 24.3 Å². The van der Waals surface area contributed by atoms with Crippen molar-refractivity contribution in [1.29, 1.82) is 0 Å². The Kier molecular flexibility index (Phi) is 33.6. The van der Waals surface area contributed by atoms with Gasteiger partial charge in [-0.15, -0.1) is 0 Å². The van der Waals surface area contributed by atoms with Gasteiger partial charge in [0.15, 0.2) is 0 Å². The molecular weight excluding hydrogens is 320 g/mol. The van der Waals surface area contributed by atoms with Crippen molar-refractivity contribution in [1.82, 2.24) is 0 Å². The lowest BCUT2D eigenvalue weighted by atomic mass is 10.5. The van der Waals surface area contributed by atoms with Crippen LogP contribution in [0.5, 0.6) is 0 Å². The monoisotopic (exact) mass is 358 g/mol. The van der Waals surface area contributed by atoms with Crippen molar-refractivity contribution in [2.24, 2.45) is 0 Å². The van der Waals surface area contributed by atoms with Gasteiger partial charge in [0.05, 0.1) is 25.0 Å². The van der Waals surface area contributed by atoms with E-state index in [0.29, 0.717) is 26.4 Å². The van der Waals surface area contributed by atoms with Gasteiger partial charge in [0.2, 0.25) is 0 Å². The highest BCUT2D eigenvalue weighted by Crippen LogP contribution is 1.86. The van der Waals surface area contributed by atoms with Gasteiger partial charge in [-0.25, -0.2) is 0 Å². The molecule has 0 aromatic heterocycles. The number of rotatable bonds is 14. The van der Waals surface area contributed by atoms with Gasteiger partial charge in [-0.2, -0.15) is 0 Å². The van der Waals surface area contributed by atoms with Crippen molar-refractivity contribution in [3.63, 3.8) is 0 Å². The van der Waals surface area contributed by atoms with Crippen LogP contribution in [0.3, 0.4) is 0 Å². The minimum Gasteiger partial charge on any atom is -0.498 e. The molecule has 0 unspecified atom stereocenters. The van der Waals surface area contributed by atoms with Crippen LogP contribution >= 0.6 is 0 Å². The van der Waals surface area contributed by atoms with Crippen molar-refractivity contribution in [3.05, 3.63) is 49.4 Å². The van der Waals surface area contributed by atoms with E-state index >= 15 is 0 Å². The summed E-state index contributed by atoms with van der Waals surface area (Å²) < 4.78 is 20.5. The maximum atomic E-state index is 5.11. The van der Waals surface area contributed by atoms with E-state index in [4.69, 9.17) is 18.9 Å².